The van der Waals surface area contributed by atoms with Gasteiger partial charge in [0.15, 0.2) is 0 Å². The van der Waals surface area contributed by atoms with Crippen LogP contribution < -0.4 is 26.0 Å². The molecule has 0 radical (unpaired) electrons. The Labute approximate surface area is 198 Å². The largest absolute Gasteiger partial charge is 0.492 e. The summed E-state index contributed by atoms with van der Waals surface area (Å²) in [5.41, 5.74) is 3.06. The second-order valence-electron chi connectivity index (χ2n) is 8.87. The zero-order valence-corrected chi connectivity index (χ0v) is 19.0. The van der Waals surface area contributed by atoms with Gasteiger partial charge in [-0.25, -0.2) is 0 Å². The van der Waals surface area contributed by atoms with Gasteiger partial charge in [-0.2, -0.15) is 0 Å². The van der Waals surface area contributed by atoms with Gasteiger partial charge in [-0.05, 0) is 36.6 Å². The summed E-state index contributed by atoms with van der Waals surface area (Å²) < 4.78 is 5.59. The summed E-state index contributed by atoms with van der Waals surface area (Å²) >= 11 is 0. The van der Waals surface area contributed by atoms with Gasteiger partial charge < -0.3 is 20.7 Å². The highest BCUT2D eigenvalue weighted by Crippen LogP contribution is 2.31. The molecule has 3 heterocycles. The van der Waals surface area contributed by atoms with Crippen LogP contribution in [0.5, 0.6) is 5.75 Å². The molecule has 3 aliphatic rings. The molecule has 2 fully saturated rings. The SMILES string of the molecule is CCOc1ccccc1NC(=O)C1CC(=O)NC2NC(N3CCc4ccccc4C3)NC(=O)C21. The first-order valence-corrected chi connectivity index (χ1v) is 11.7. The zero-order chi connectivity index (χ0) is 23.7. The van der Waals surface area contributed by atoms with E-state index in [1.54, 1.807) is 18.2 Å². The van der Waals surface area contributed by atoms with Crippen LogP contribution in [0.25, 0.3) is 0 Å². The lowest BCUT2D eigenvalue weighted by Gasteiger charge is -2.47. The first kappa shape index (κ1) is 22.4. The van der Waals surface area contributed by atoms with Gasteiger partial charge in [0, 0.05) is 19.5 Å². The number of nitrogens with one attached hydrogen (secondary N) is 4. The van der Waals surface area contributed by atoms with Gasteiger partial charge in [-0.3, -0.25) is 24.6 Å². The summed E-state index contributed by atoms with van der Waals surface area (Å²) in [7, 11) is 0. The van der Waals surface area contributed by atoms with Gasteiger partial charge >= 0.3 is 0 Å². The number of nitrogens with zero attached hydrogens (tertiary/aromatic N) is 1. The average molecular weight is 464 g/mol. The lowest BCUT2D eigenvalue weighted by molar-refractivity contribution is -0.147. The minimum Gasteiger partial charge on any atom is -0.492 e. The highest BCUT2D eigenvalue weighted by molar-refractivity contribution is 6.00. The molecular formula is C25H29N5O4. The minimum atomic E-state index is -0.802. The van der Waals surface area contributed by atoms with Crippen molar-refractivity contribution in [1.82, 2.24) is 20.9 Å². The summed E-state index contributed by atoms with van der Waals surface area (Å²) in [4.78, 5) is 41.1. The van der Waals surface area contributed by atoms with Gasteiger partial charge in [0.05, 0.1) is 30.3 Å². The highest BCUT2D eigenvalue weighted by atomic mass is 16.5. The molecule has 2 aromatic carbocycles. The second-order valence-corrected chi connectivity index (χ2v) is 8.87. The summed E-state index contributed by atoms with van der Waals surface area (Å²) in [6.45, 7) is 3.79. The molecule has 9 heteroatoms. The maximum atomic E-state index is 13.2. The van der Waals surface area contributed by atoms with E-state index in [4.69, 9.17) is 4.74 Å². The first-order chi connectivity index (χ1) is 16.5. The molecule has 4 unspecified atom stereocenters. The zero-order valence-electron chi connectivity index (χ0n) is 19.0. The fourth-order valence-corrected chi connectivity index (χ4v) is 5.07. The molecule has 0 aliphatic carbocycles. The Morgan fingerprint density at radius 1 is 1.09 bits per heavy atom. The van der Waals surface area contributed by atoms with Crippen LogP contribution >= 0.6 is 0 Å². The lowest BCUT2D eigenvalue weighted by atomic mass is 9.81. The van der Waals surface area contributed by atoms with Crippen molar-refractivity contribution in [3.05, 3.63) is 59.7 Å². The normalized spacial score (nSPS) is 26.5. The lowest BCUT2D eigenvalue weighted by Crippen LogP contribution is -2.74. The van der Waals surface area contributed by atoms with Crippen LogP contribution in [-0.2, 0) is 27.3 Å². The van der Waals surface area contributed by atoms with Crippen molar-refractivity contribution in [1.29, 1.82) is 0 Å². The van der Waals surface area contributed by atoms with Gasteiger partial charge in [0.25, 0.3) is 0 Å². The summed E-state index contributed by atoms with van der Waals surface area (Å²) in [5, 5.41) is 12.1. The predicted octanol–water partition coefficient (Wildman–Crippen LogP) is 1.16. The average Bonchev–Trinajstić information content (AvgIpc) is 2.84. The van der Waals surface area contributed by atoms with Crippen LogP contribution in [0, 0.1) is 11.8 Å². The van der Waals surface area contributed by atoms with Crippen molar-refractivity contribution < 1.29 is 19.1 Å². The van der Waals surface area contributed by atoms with Crippen LogP contribution in [0.3, 0.4) is 0 Å². The van der Waals surface area contributed by atoms with Crippen molar-refractivity contribution in [3.8, 4) is 5.75 Å². The third-order valence-electron chi connectivity index (χ3n) is 6.74. The third kappa shape index (κ3) is 4.36. The Balaban J connectivity index is 1.31. The molecular weight excluding hydrogens is 434 g/mol. The van der Waals surface area contributed by atoms with E-state index in [2.05, 4.69) is 38.3 Å². The van der Waals surface area contributed by atoms with Gasteiger partial charge in [0.2, 0.25) is 17.7 Å². The monoisotopic (exact) mass is 463 g/mol. The van der Waals surface area contributed by atoms with E-state index < -0.39 is 24.3 Å². The van der Waals surface area contributed by atoms with Gasteiger partial charge in [0.1, 0.15) is 12.0 Å². The molecule has 4 atom stereocenters. The van der Waals surface area contributed by atoms with Crippen LogP contribution in [0.1, 0.15) is 24.5 Å². The molecule has 0 spiro atoms. The van der Waals surface area contributed by atoms with E-state index in [0.717, 1.165) is 13.0 Å². The fraction of sp³-hybridized carbons (Fsp3) is 0.400. The Morgan fingerprint density at radius 2 is 1.85 bits per heavy atom. The standard InChI is InChI=1S/C25H29N5O4/c1-2-34-19-10-6-5-9-18(19)26-23(32)17-13-20(31)27-22-21(17)24(33)29-25(28-22)30-12-11-15-7-3-4-8-16(15)14-30/h3-10,17,21-22,25,28H,2,11-14H2,1H3,(H,26,32)(H,27,31)(H,29,33). The van der Waals surface area contributed by atoms with E-state index in [1.807, 2.05) is 25.1 Å². The number of benzene rings is 2. The molecule has 3 aliphatic heterocycles. The molecule has 34 heavy (non-hydrogen) atoms. The van der Waals surface area contributed by atoms with Gasteiger partial charge in [-0.1, -0.05) is 36.4 Å². The molecule has 3 amide bonds. The number of hydrogen-bond donors (Lipinski definition) is 4. The number of anilines is 1. The molecule has 0 aromatic heterocycles. The number of hydrogen-bond acceptors (Lipinski definition) is 6. The number of piperidine rings is 1. The number of carbonyl (C=O) groups excluding carboxylic acids is 3. The third-order valence-corrected chi connectivity index (χ3v) is 6.74. The van der Waals surface area contributed by atoms with Crippen molar-refractivity contribution in [2.75, 3.05) is 18.5 Å². The van der Waals surface area contributed by atoms with E-state index in [0.29, 0.717) is 24.6 Å². The molecule has 0 bridgehead atoms. The van der Waals surface area contributed by atoms with Crippen LogP contribution in [-0.4, -0.2) is 48.2 Å². The molecule has 2 aromatic rings. The Morgan fingerprint density at radius 3 is 2.68 bits per heavy atom. The Hall–Kier alpha value is -3.43. The number of carbonyl (C=O) groups is 3. The molecule has 0 saturated carbocycles. The molecule has 5 rings (SSSR count). The smallest absolute Gasteiger partial charge is 0.229 e. The van der Waals surface area contributed by atoms with Crippen molar-refractivity contribution >= 4 is 23.4 Å². The predicted molar refractivity (Wildman–Crippen MR) is 125 cm³/mol. The second kappa shape index (κ2) is 9.44. The number of fused-ring (bicyclic) bond motifs is 2. The molecule has 178 valence electrons. The number of ether oxygens (including phenoxy) is 1. The summed E-state index contributed by atoms with van der Waals surface area (Å²) in [5.74, 6) is -1.85. The minimum absolute atomic E-state index is 0.0549. The summed E-state index contributed by atoms with van der Waals surface area (Å²) in [6, 6.07) is 15.4. The van der Waals surface area contributed by atoms with E-state index >= 15 is 0 Å². The number of para-hydroxylation sites is 2. The number of amides is 3. The van der Waals surface area contributed by atoms with E-state index in [-0.39, 0.29) is 24.1 Å². The Bertz CT molecular complexity index is 1110. The van der Waals surface area contributed by atoms with E-state index in [9.17, 15) is 14.4 Å². The fourth-order valence-electron chi connectivity index (χ4n) is 5.07. The first-order valence-electron chi connectivity index (χ1n) is 11.7. The van der Waals surface area contributed by atoms with E-state index in [1.165, 1.54) is 11.1 Å². The van der Waals surface area contributed by atoms with Crippen LogP contribution in [0.15, 0.2) is 48.5 Å². The highest BCUT2D eigenvalue weighted by Gasteiger charge is 2.49. The van der Waals surface area contributed by atoms with Crippen LogP contribution in [0.2, 0.25) is 0 Å². The molecule has 9 nitrogen and oxygen atoms in total. The molecule has 2 saturated heterocycles. The summed E-state index contributed by atoms with van der Waals surface area (Å²) in [6.07, 6.45) is -0.228. The van der Waals surface area contributed by atoms with Crippen molar-refractivity contribution in [2.45, 2.75) is 38.8 Å². The topological polar surface area (TPSA) is 112 Å². The quantitative estimate of drug-likeness (QED) is 0.530. The van der Waals surface area contributed by atoms with Crippen molar-refractivity contribution in [3.63, 3.8) is 0 Å². The van der Waals surface area contributed by atoms with Crippen LogP contribution in [0.4, 0.5) is 5.69 Å². The molecule has 4 N–H and O–H groups in total. The van der Waals surface area contributed by atoms with Crippen molar-refractivity contribution in [2.24, 2.45) is 11.8 Å². The Kier molecular flexibility index (Phi) is 6.21. The maximum absolute atomic E-state index is 13.2. The van der Waals surface area contributed by atoms with Gasteiger partial charge in [-0.15, -0.1) is 0 Å². The number of rotatable bonds is 5. The maximum Gasteiger partial charge on any atom is 0.229 e.